The zero-order chi connectivity index (χ0) is 14.0. The van der Waals surface area contributed by atoms with Crippen LogP contribution in [0.4, 0.5) is 0 Å². The van der Waals surface area contributed by atoms with Crippen LogP contribution in [0.1, 0.15) is 17.9 Å². The number of hydrogen-bond acceptors (Lipinski definition) is 3. The van der Waals surface area contributed by atoms with E-state index in [9.17, 15) is 13.2 Å². The molecule has 0 aliphatic heterocycles. The Balaban J connectivity index is 1.83. The molecule has 0 radical (unpaired) electrons. The quantitative estimate of drug-likeness (QED) is 0.857. The third kappa shape index (κ3) is 3.78. The Morgan fingerprint density at radius 2 is 2.00 bits per heavy atom. The number of hydrogen-bond donors (Lipinski definition) is 1. The molecule has 104 valence electrons. The smallest absolute Gasteiger partial charge is 0.235 e. The van der Waals surface area contributed by atoms with Gasteiger partial charge in [-0.2, -0.15) is 4.31 Å². The number of nitrogens with zero attached hydrogens (tertiary/aromatic N) is 1. The van der Waals surface area contributed by atoms with Gasteiger partial charge in [-0.15, -0.1) is 0 Å². The van der Waals surface area contributed by atoms with E-state index >= 15 is 0 Å². The molecule has 0 bridgehead atoms. The number of sulfonamides is 1. The summed E-state index contributed by atoms with van der Waals surface area (Å²) in [4.78, 5) is 11.7. The molecular weight excluding hydrogens is 264 g/mol. The van der Waals surface area contributed by atoms with Gasteiger partial charge >= 0.3 is 0 Å². The van der Waals surface area contributed by atoms with E-state index in [0.29, 0.717) is 5.92 Å². The third-order valence-electron chi connectivity index (χ3n) is 3.30. The predicted octanol–water partition coefficient (Wildman–Crippen LogP) is 0.550. The SMILES string of the molecule is CN(CC(=O)N[C@H]1C[C@@H]1c1ccccc1)S(C)(=O)=O. The first kappa shape index (κ1) is 14.0. The van der Waals surface area contributed by atoms with E-state index in [4.69, 9.17) is 0 Å². The van der Waals surface area contributed by atoms with Gasteiger partial charge in [-0.1, -0.05) is 30.3 Å². The van der Waals surface area contributed by atoms with E-state index in [2.05, 4.69) is 5.32 Å². The maximum atomic E-state index is 11.7. The van der Waals surface area contributed by atoms with Gasteiger partial charge in [0, 0.05) is 19.0 Å². The third-order valence-corrected chi connectivity index (χ3v) is 4.56. The average Bonchev–Trinajstić information content (AvgIpc) is 3.08. The largest absolute Gasteiger partial charge is 0.352 e. The molecule has 1 aliphatic carbocycles. The number of carbonyl (C=O) groups is 1. The molecule has 5 nitrogen and oxygen atoms in total. The Bertz CT molecular complexity index is 557. The first-order chi connectivity index (χ1) is 8.88. The van der Waals surface area contributed by atoms with Crippen molar-refractivity contribution < 1.29 is 13.2 Å². The zero-order valence-corrected chi connectivity index (χ0v) is 11.9. The van der Waals surface area contributed by atoms with E-state index in [1.54, 1.807) is 0 Å². The Morgan fingerprint density at radius 1 is 1.37 bits per heavy atom. The van der Waals surface area contributed by atoms with E-state index in [1.807, 2.05) is 30.3 Å². The molecule has 0 saturated heterocycles. The lowest BCUT2D eigenvalue weighted by Gasteiger charge is -2.13. The fraction of sp³-hybridized carbons (Fsp3) is 0.462. The van der Waals surface area contributed by atoms with Gasteiger partial charge in [0.05, 0.1) is 12.8 Å². The summed E-state index contributed by atoms with van der Waals surface area (Å²) in [5, 5.41) is 2.86. The molecule has 1 aromatic rings. The van der Waals surface area contributed by atoms with Crippen LogP contribution in [0.15, 0.2) is 30.3 Å². The van der Waals surface area contributed by atoms with Crippen molar-refractivity contribution in [2.45, 2.75) is 18.4 Å². The van der Waals surface area contributed by atoms with E-state index in [-0.39, 0.29) is 18.5 Å². The van der Waals surface area contributed by atoms with Crippen molar-refractivity contribution in [2.24, 2.45) is 0 Å². The van der Waals surface area contributed by atoms with Gasteiger partial charge in [0.15, 0.2) is 0 Å². The first-order valence-corrected chi connectivity index (χ1v) is 7.98. The number of nitrogens with one attached hydrogen (secondary N) is 1. The molecule has 1 amide bonds. The molecule has 1 saturated carbocycles. The van der Waals surface area contributed by atoms with Gasteiger partial charge in [-0.25, -0.2) is 8.42 Å². The standard InChI is InChI=1S/C13H18N2O3S/c1-15(19(2,17)18)9-13(16)14-12-8-11(12)10-6-4-3-5-7-10/h3-7,11-12H,8-9H2,1-2H3,(H,14,16)/t11-,12+/m1/s1. The van der Waals surface area contributed by atoms with Crippen LogP contribution in [-0.4, -0.2) is 44.5 Å². The van der Waals surface area contributed by atoms with Crippen molar-refractivity contribution in [1.29, 1.82) is 0 Å². The molecule has 6 heteroatoms. The number of rotatable bonds is 5. The molecule has 1 fully saturated rings. The number of carbonyl (C=O) groups excluding carboxylic acids is 1. The predicted molar refractivity (Wildman–Crippen MR) is 73.2 cm³/mol. The molecular formula is C13H18N2O3S. The Kier molecular flexibility index (Phi) is 3.91. The number of likely N-dealkylation sites (N-methyl/N-ethyl adjacent to an activating group) is 1. The lowest BCUT2D eigenvalue weighted by molar-refractivity contribution is -0.121. The second-order valence-electron chi connectivity index (χ2n) is 4.95. The van der Waals surface area contributed by atoms with Gasteiger partial charge in [-0.3, -0.25) is 4.79 Å². The lowest BCUT2D eigenvalue weighted by atomic mass is 10.1. The molecule has 1 aromatic carbocycles. The molecule has 2 rings (SSSR count). The van der Waals surface area contributed by atoms with Gasteiger partial charge in [0.25, 0.3) is 0 Å². The highest BCUT2D eigenvalue weighted by molar-refractivity contribution is 7.88. The minimum Gasteiger partial charge on any atom is -0.352 e. The number of benzene rings is 1. The number of amides is 1. The van der Waals surface area contributed by atoms with Gasteiger partial charge < -0.3 is 5.32 Å². The van der Waals surface area contributed by atoms with Crippen molar-refractivity contribution in [3.8, 4) is 0 Å². The van der Waals surface area contributed by atoms with Gasteiger partial charge in [0.2, 0.25) is 15.9 Å². The van der Waals surface area contributed by atoms with Crippen molar-refractivity contribution in [3.63, 3.8) is 0 Å². The topological polar surface area (TPSA) is 66.5 Å². The normalized spacial score (nSPS) is 22.3. The average molecular weight is 282 g/mol. The molecule has 19 heavy (non-hydrogen) atoms. The summed E-state index contributed by atoms with van der Waals surface area (Å²) in [5.41, 5.74) is 1.21. The van der Waals surface area contributed by atoms with Crippen LogP contribution in [0, 0.1) is 0 Å². The minimum absolute atomic E-state index is 0.128. The highest BCUT2D eigenvalue weighted by Crippen LogP contribution is 2.40. The highest BCUT2D eigenvalue weighted by Gasteiger charge is 2.39. The molecule has 0 aromatic heterocycles. The zero-order valence-electron chi connectivity index (χ0n) is 11.0. The van der Waals surface area contributed by atoms with Gasteiger partial charge in [0.1, 0.15) is 0 Å². The summed E-state index contributed by atoms with van der Waals surface area (Å²) >= 11 is 0. The first-order valence-electron chi connectivity index (χ1n) is 6.13. The molecule has 1 aliphatic rings. The molecule has 0 heterocycles. The Labute approximate surface area is 113 Å². The highest BCUT2D eigenvalue weighted by atomic mass is 32.2. The summed E-state index contributed by atoms with van der Waals surface area (Å²) in [7, 11) is -1.91. The van der Waals surface area contributed by atoms with E-state index in [1.165, 1.54) is 12.6 Å². The maximum absolute atomic E-state index is 11.7. The Morgan fingerprint density at radius 3 is 2.58 bits per heavy atom. The van der Waals surface area contributed by atoms with Crippen LogP contribution in [0.3, 0.4) is 0 Å². The van der Waals surface area contributed by atoms with E-state index in [0.717, 1.165) is 17.0 Å². The van der Waals surface area contributed by atoms with Crippen molar-refractivity contribution >= 4 is 15.9 Å². The maximum Gasteiger partial charge on any atom is 0.235 e. The minimum atomic E-state index is -3.31. The monoisotopic (exact) mass is 282 g/mol. The van der Waals surface area contributed by atoms with Crippen LogP contribution in [-0.2, 0) is 14.8 Å². The Hall–Kier alpha value is -1.40. The van der Waals surface area contributed by atoms with Crippen LogP contribution >= 0.6 is 0 Å². The fourth-order valence-corrected chi connectivity index (χ4v) is 2.35. The van der Waals surface area contributed by atoms with E-state index < -0.39 is 10.0 Å². The molecule has 2 atom stereocenters. The summed E-state index contributed by atoms with van der Waals surface area (Å²) in [6.45, 7) is -0.128. The van der Waals surface area contributed by atoms with Crippen molar-refractivity contribution in [2.75, 3.05) is 19.8 Å². The van der Waals surface area contributed by atoms with Crippen LogP contribution < -0.4 is 5.32 Å². The van der Waals surface area contributed by atoms with Gasteiger partial charge in [-0.05, 0) is 12.0 Å². The fourth-order valence-electron chi connectivity index (χ4n) is 2.00. The molecule has 0 unspecified atom stereocenters. The van der Waals surface area contributed by atoms with Crippen LogP contribution in [0.5, 0.6) is 0 Å². The summed E-state index contributed by atoms with van der Waals surface area (Å²) in [5.74, 6) is 0.102. The molecule has 0 spiro atoms. The lowest BCUT2D eigenvalue weighted by Crippen LogP contribution is -2.39. The van der Waals surface area contributed by atoms with Crippen molar-refractivity contribution in [1.82, 2.24) is 9.62 Å². The second kappa shape index (κ2) is 5.30. The van der Waals surface area contributed by atoms with Crippen LogP contribution in [0.25, 0.3) is 0 Å². The summed E-state index contributed by atoms with van der Waals surface area (Å²) in [6.07, 6.45) is 2.00. The van der Waals surface area contributed by atoms with Crippen LogP contribution in [0.2, 0.25) is 0 Å². The summed E-state index contributed by atoms with van der Waals surface area (Å²) < 4.78 is 23.4. The summed E-state index contributed by atoms with van der Waals surface area (Å²) in [6, 6.07) is 10.1. The van der Waals surface area contributed by atoms with Crippen molar-refractivity contribution in [3.05, 3.63) is 35.9 Å². The molecule has 1 N–H and O–H groups in total. The second-order valence-corrected chi connectivity index (χ2v) is 7.04.